The second kappa shape index (κ2) is 5.57. The standard InChI is InChI=1S/C17H15BrN4/c18-14-10-15-16(19-11-14)20-17(21-8-4-5-9-21)22(15)12-13-6-2-1-3-7-13/h1-7,10-11H,8-9,12H2. The molecule has 0 atom stereocenters. The van der Waals surface area contributed by atoms with Gasteiger partial charge in [0.05, 0.1) is 12.1 Å². The van der Waals surface area contributed by atoms with Crippen LogP contribution in [0.5, 0.6) is 0 Å². The lowest BCUT2D eigenvalue weighted by Crippen LogP contribution is -2.23. The van der Waals surface area contributed by atoms with E-state index >= 15 is 0 Å². The van der Waals surface area contributed by atoms with Gasteiger partial charge in [0.15, 0.2) is 5.65 Å². The van der Waals surface area contributed by atoms with E-state index in [2.05, 4.69) is 72.9 Å². The molecule has 0 spiro atoms. The van der Waals surface area contributed by atoms with Crippen molar-refractivity contribution in [3.8, 4) is 0 Å². The van der Waals surface area contributed by atoms with E-state index in [1.165, 1.54) is 5.56 Å². The van der Waals surface area contributed by atoms with Crippen LogP contribution in [0.15, 0.2) is 59.2 Å². The summed E-state index contributed by atoms with van der Waals surface area (Å²) in [6.45, 7) is 2.60. The molecule has 2 aromatic heterocycles. The summed E-state index contributed by atoms with van der Waals surface area (Å²) in [6.07, 6.45) is 6.15. The van der Waals surface area contributed by atoms with Crippen LogP contribution in [0.1, 0.15) is 5.56 Å². The van der Waals surface area contributed by atoms with E-state index < -0.39 is 0 Å². The van der Waals surface area contributed by atoms with Crippen LogP contribution in [-0.2, 0) is 6.54 Å². The lowest BCUT2D eigenvalue weighted by atomic mass is 10.2. The number of imidazole rings is 1. The van der Waals surface area contributed by atoms with E-state index in [-0.39, 0.29) is 0 Å². The summed E-state index contributed by atoms with van der Waals surface area (Å²) in [5, 5.41) is 0. The molecule has 1 aliphatic rings. The Morgan fingerprint density at radius 3 is 2.64 bits per heavy atom. The van der Waals surface area contributed by atoms with E-state index in [1.807, 2.05) is 6.07 Å². The van der Waals surface area contributed by atoms with Gasteiger partial charge in [-0.15, -0.1) is 0 Å². The number of aromatic nitrogens is 3. The first kappa shape index (κ1) is 13.5. The van der Waals surface area contributed by atoms with Gasteiger partial charge in [-0.25, -0.2) is 4.98 Å². The van der Waals surface area contributed by atoms with Gasteiger partial charge in [-0.05, 0) is 27.6 Å². The smallest absolute Gasteiger partial charge is 0.208 e. The zero-order valence-corrected chi connectivity index (χ0v) is 13.6. The Bertz CT molecular complexity index is 830. The van der Waals surface area contributed by atoms with Crippen molar-refractivity contribution in [2.24, 2.45) is 0 Å². The summed E-state index contributed by atoms with van der Waals surface area (Å²) in [6, 6.07) is 12.6. The summed E-state index contributed by atoms with van der Waals surface area (Å²) < 4.78 is 3.22. The van der Waals surface area contributed by atoms with Crippen molar-refractivity contribution >= 4 is 33.0 Å². The summed E-state index contributed by atoms with van der Waals surface area (Å²) in [7, 11) is 0. The van der Waals surface area contributed by atoms with Crippen LogP contribution in [0.25, 0.3) is 11.2 Å². The zero-order chi connectivity index (χ0) is 14.9. The van der Waals surface area contributed by atoms with Crippen molar-refractivity contribution in [1.82, 2.24) is 14.5 Å². The first-order valence-electron chi connectivity index (χ1n) is 7.27. The fourth-order valence-corrected chi connectivity index (χ4v) is 3.09. The number of nitrogens with zero attached hydrogens (tertiary/aromatic N) is 4. The number of pyridine rings is 1. The molecular formula is C17H15BrN4. The van der Waals surface area contributed by atoms with Crippen molar-refractivity contribution in [1.29, 1.82) is 0 Å². The summed E-state index contributed by atoms with van der Waals surface area (Å²) in [5.41, 5.74) is 3.11. The minimum absolute atomic E-state index is 0.793. The molecule has 0 amide bonds. The molecule has 0 N–H and O–H groups in total. The Kier molecular flexibility index (Phi) is 3.42. The van der Waals surface area contributed by atoms with Gasteiger partial charge < -0.3 is 9.47 Å². The fourth-order valence-electron chi connectivity index (χ4n) is 2.77. The molecule has 0 radical (unpaired) electrons. The molecule has 1 aromatic carbocycles. The molecule has 3 aromatic rings. The third-order valence-electron chi connectivity index (χ3n) is 3.84. The van der Waals surface area contributed by atoms with Crippen LogP contribution in [0.2, 0.25) is 0 Å². The third kappa shape index (κ3) is 2.41. The number of benzene rings is 1. The van der Waals surface area contributed by atoms with Gasteiger partial charge in [0.2, 0.25) is 5.95 Å². The quantitative estimate of drug-likeness (QED) is 0.673. The highest BCUT2D eigenvalue weighted by Gasteiger charge is 2.18. The normalized spacial score (nSPS) is 14.1. The Labute approximate surface area is 137 Å². The number of hydrogen-bond donors (Lipinski definition) is 0. The van der Waals surface area contributed by atoms with E-state index in [1.54, 1.807) is 6.20 Å². The van der Waals surface area contributed by atoms with Crippen LogP contribution < -0.4 is 4.90 Å². The molecule has 3 heterocycles. The van der Waals surface area contributed by atoms with Crippen molar-refractivity contribution < 1.29 is 0 Å². The Balaban J connectivity index is 1.84. The zero-order valence-electron chi connectivity index (χ0n) is 12.0. The van der Waals surface area contributed by atoms with Crippen LogP contribution >= 0.6 is 15.9 Å². The summed E-state index contributed by atoms with van der Waals surface area (Å²) in [4.78, 5) is 11.5. The van der Waals surface area contributed by atoms with Gasteiger partial charge in [-0.1, -0.05) is 42.5 Å². The SMILES string of the molecule is Brc1cnc2nc(N3CC=CC3)n(Cc3ccccc3)c2c1. The number of fused-ring (bicyclic) bond motifs is 1. The van der Waals surface area contributed by atoms with Crippen molar-refractivity contribution in [2.75, 3.05) is 18.0 Å². The maximum atomic E-state index is 4.75. The number of anilines is 1. The predicted molar refractivity (Wildman–Crippen MR) is 92.1 cm³/mol. The maximum Gasteiger partial charge on any atom is 0.208 e. The Morgan fingerprint density at radius 2 is 1.86 bits per heavy atom. The van der Waals surface area contributed by atoms with E-state index in [9.17, 15) is 0 Å². The monoisotopic (exact) mass is 354 g/mol. The molecule has 0 unspecified atom stereocenters. The van der Waals surface area contributed by atoms with Crippen LogP contribution in [0.4, 0.5) is 5.95 Å². The van der Waals surface area contributed by atoms with Crippen molar-refractivity contribution in [3.05, 3.63) is 64.8 Å². The Hall–Kier alpha value is -2.14. The highest BCUT2D eigenvalue weighted by molar-refractivity contribution is 9.10. The molecule has 4 rings (SSSR count). The molecule has 4 nitrogen and oxygen atoms in total. The molecule has 1 aliphatic heterocycles. The molecule has 0 aliphatic carbocycles. The van der Waals surface area contributed by atoms with Gasteiger partial charge in [0, 0.05) is 23.8 Å². The van der Waals surface area contributed by atoms with E-state index in [0.717, 1.165) is 41.2 Å². The fraction of sp³-hybridized carbons (Fsp3) is 0.176. The average Bonchev–Trinajstić information content (AvgIpc) is 3.17. The molecule has 0 saturated heterocycles. The van der Waals surface area contributed by atoms with Crippen LogP contribution in [0.3, 0.4) is 0 Å². The topological polar surface area (TPSA) is 34.0 Å². The Morgan fingerprint density at radius 1 is 1.09 bits per heavy atom. The van der Waals surface area contributed by atoms with Crippen LogP contribution in [0, 0.1) is 0 Å². The van der Waals surface area contributed by atoms with Gasteiger partial charge >= 0.3 is 0 Å². The second-order valence-electron chi connectivity index (χ2n) is 5.36. The van der Waals surface area contributed by atoms with E-state index in [0.29, 0.717) is 0 Å². The molecule has 110 valence electrons. The van der Waals surface area contributed by atoms with Crippen molar-refractivity contribution in [3.63, 3.8) is 0 Å². The first-order chi connectivity index (χ1) is 10.8. The average molecular weight is 355 g/mol. The van der Waals surface area contributed by atoms with Crippen molar-refractivity contribution in [2.45, 2.75) is 6.54 Å². The molecule has 22 heavy (non-hydrogen) atoms. The highest BCUT2D eigenvalue weighted by Crippen LogP contribution is 2.26. The molecule has 0 fully saturated rings. The lowest BCUT2D eigenvalue weighted by molar-refractivity contribution is 0.783. The maximum absolute atomic E-state index is 4.75. The minimum Gasteiger partial charge on any atom is -0.335 e. The number of hydrogen-bond acceptors (Lipinski definition) is 3. The van der Waals surface area contributed by atoms with Gasteiger partial charge in [0.1, 0.15) is 0 Å². The highest BCUT2D eigenvalue weighted by atomic mass is 79.9. The predicted octanol–water partition coefficient (Wildman–Crippen LogP) is 3.62. The molecule has 0 bridgehead atoms. The lowest BCUT2D eigenvalue weighted by Gasteiger charge is -2.18. The van der Waals surface area contributed by atoms with Gasteiger partial charge in [0.25, 0.3) is 0 Å². The summed E-state index contributed by atoms with van der Waals surface area (Å²) >= 11 is 3.52. The first-order valence-corrected chi connectivity index (χ1v) is 8.06. The minimum atomic E-state index is 0.793. The number of halogens is 1. The number of rotatable bonds is 3. The van der Waals surface area contributed by atoms with Gasteiger partial charge in [-0.2, -0.15) is 4.98 Å². The molecular weight excluding hydrogens is 340 g/mol. The van der Waals surface area contributed by atoms with Gasteiger partial charge in [-0.3, -0.25) is 0 Å². The molecule has 5 heteroatoms. The molecule has 0 saturated carbocycles. The largest absolute Gasteiger partial charge is 0.335 e. The van der Waals surface area contributed by atoms with Crippen LogP contribution in [-0.4, -0.2) is 27.6 Å². The van der Waals surface area contributed by atoms with E-state index in [4.69, 9.17) is 4.98 Å². The summed E-state index contributed by atoms with van der Waals surface area (Å²) in [5.74, 6) is 0.981. The second-order valence-corrected chi connectivity index (χ2v) is 6.27. The third-order valence-corrected chi connectivity index (χ3v) is 4.27.